The fraction of sp³-hybridized carbons (Fsp3) is 0.417. The Morgan fingerprint density at radius 3 is 1.59 bits per heavy atom. The molecule has 4 fully saturated rings. The van der Waals surface area contributed by atoms with Crippen molar-refractivity contribution in [3.63, 3.8) is 0 Å². The van der Waals surface area contributed by atoms with Crippen molar-refractivity contribution in [1.29, 1.82) is 0 Å². The maximum Gasteiger partial charge on any atom is 0.304 e. The van der Waals surface area contributed by atoms with Gasteiger partial charge in [0, 0.05) is 46.5 Å². The number of alkyl halides is 2. The third-order valence-corrected chi connectivity index (χ3v) is 12.6. The molecule has 0 bridgehead atoms. The summed E-state index contributed by atoms with van der Waals surface area (Å²) in [6.45, 7) is 3.06. The summed E-state index contributed by atoms with van der Waals surface area (Å²) in [5, 5.41) is 19.6. The zero-order valence-electron chi connectivity index (χ0n) is 34.4. The summed E-state index contributed by atoms with van der Waals surface area (Å²) in [7, 11) is 0. The smallest absolute Gasteiger partial charge is 0.304 e. The molecule has 2 atom stereocenters. The van der Waals surface area contributed by atoms with E-state index in [1.165, 1.54) is 0 Å². The Balaban J connectivity index is 0.000000181. The third kappa shape index (κ3) is 13.7. The number of nitrogens with zero attached hydrogens (tertiary/aromatic N) is 1. The SMILES string of the molecule is ClCCl.O=C(Nc1ccccc1)C1CCCN(C(=O)C2(c3ccc(Cl)cc3)CCC2)C1.O=C(Nc1ccccc1)C1CCCNC1.O=C(O)CC1(c2ccc(Cl)cc2)CCC1. The minimum Gasteiger partial charge on any atom is -0.481 e. The topological polar surface area (TPSA) is 128 Å². The van der Waals surface area contributed by atoms with Gasteiger partial charge >= 0.3 is 5.97 Å². The van der Waals surface area contributed by atoms with Gasteiger partial charge in [-0.25, -0.2) is 0 Å². The second-order valence-corrected chi connectivity index (χ2v) is 17.8. The molecule has 2 unspecified atom stereocenters. The van der Waals surface area contributed by atoms with Crippen LogP contribution in [-0.2, 0) is 30.0 Å². The van der Waals surface area contributed by atoms with Crippen molar-refractivity contribution in [2.75, 3.05) is 42.2 Å². The van der Waals surface area contributed by atoms with Gasteiger partial charge in [0.1, 0.15) is 0 Å². The predicted molar refractivity (Wildman–Crippen MR) is 248 cm³/mol. The number of hydrogen-bond donors (Lipinski definition) is 4. The van der Waals surface area contributed by atoms with Gasteiger partial charge in [0.25, 0.3) is 0 Å². The first-order valence-corrected chi connectivity index (χ1v) is 22.9. The molecule has 4 aromatic carbocycles. The fourth-order valence-corrected chi connectivity index (χ4v) is 8.73. The molecule has 2 saturated carbocycles. The molecule has 61 heavy (non-hydrogen) atoms. The van der Waals surface area contributed by atoms with Crippen LogP contribution < -0.4 is 16.0 Å². The van der Waals surface area contributed by atoms with Crippen molar-refractivity contribution in [3.05, 3.63) is 130 Å². The van der Waals surface area contributed by atoms with Gasteiger partial charge in [-0.05, 0) is 118 Å². The Labute approximate surface area is 379 Å². The highest BCUT2D eigenvalue weighted by molar-refractivity contribution is 6.40. The highest BCUT2D eigenvalue weighted by Gasteiger charge is 2.48. The van der Waals surface area contributed by atoms with Gasteiger partial charge in [0.05, 0.1) is 29.0 Å². The number of anilines is 2. The molecular weight excluding hydrogens is 854 g/mol. The number of benzene rings is 4. The van der Waals surface area contributed by atoms with Crippen LogP contribution in [0.3, 0.4) is 0 Å². The van der Waals surface area contributed by atoms with Crippen LogP contribution >= 0.6 is 46.4 Å². The second-order valence-electron chi connectivity index (χ2n) is 16.1. The van der Waals surface area contributed by atoms with Gasteiger partial charge in [0.15, 0.2) is 0 Å². The molecule has 0 aromatic heterocycles. The first-order chi connectivity index (χ1) is 29.5. The lowest BCUT2D eigenvalue weighted by Crippen LogP contribution is -2.54. The summed E-state index contributed by atoms with van der Waals surface area (Å²) in [5.74, 6) is -0.464. The molecule has 2 aliphatic heterocycles. The van der Waals surface area contributed by atoms with Crippen LogP contribution in [0.2, 0.25) is 10.0 Å². The van der Waals surface area contributed by atoms with Crippen LogP contribution in [-0.4, -0.2) is 65.2 Å². The number of piperidine rings is 2. The summed E-state index contributed by atoms with van der Waals surface area (Å²) in [4.78, 5) is 50.7. The molecule has 13 heteroatoms. The number of carbonyl (C=O) groups is 4. The Bertz CT molecular complexity index is 1990. The van der Waals surface area contributed by atoms with Crippen molar-refractivity contribution < 1.29 is 24.3 Å². The minimum absolute atomic E-state index is 0.00199. The average Bonchev–Trinajstić information content (AvgIpc) is 3.24. The third-order valence-electron chi connectivity index (χ3n) is 12.1. The average molecular weight is 911 g/mol. The largest absolute Gasteiger partial charge is 0.481 e. The Kier molecular flexibility index (Phi) is 18.8. The highest BCUT2D eigenvalue weighted by Crippen LogP contribution is 2.47. The molecule has 4 N–H and O–H groups in total. The van der Waals surface area contributed by atoms with E-state index in [-0.39, 0.29) is 46.7 Å². The molecule has 0 spiro atoms. The molecule has 2 saturated heterocycles. The maximum atomic E-state index is 13.5. The molecule has 9 nitrogen and oxygen atoms in total. The van der Waals surface area contributed by atoms with E-state index < -0.39 is 11.4 Å². The van der Waals surface area contributed by atoms with Crippen LogP contribution in [0.4, 0.5) is 11.4 Å². The lowest BCUT2D eigenvalue weighted by molar-refractivity contribution is -0.144. The number of rotatable bonds is 9. The minimum atomic E-state index is -0.718. The maximum absolute atomic E-state index is 13.5. The van der Waals surface area contributed by atoms with Crippen molar-refractivity contribution in [2.24, 2.45) is 11.8 Å². The summed E-state index contributed by atoms with van der Waals surface area (Å²) in [6, 6.07) is 34.3. The standard InChI is InChI=1S/C23H25ClN2O2.C12H13ClO2.C12H16N2O.CH2Cl2/c24-19-11-9-18(10-12-19)23(13-5-14-23)22(28)26-15-4-6-17(16-26)21(27)25-20-7-2-1-3-8-20;13-10-4-2-9(3-5-10)12(6-1-7-12)8-11(14)15;15-12(10-5-4-8-13-9-10)14-11-6-2-1-3-7-11;2-1-3/h1-3,7-12,17H,4-6,13-16H2,(H,25,27);2-5H,1,6-8H2,(H,14,15);1-3,6-7,10,13H,4-5,8-9H2,(H,14,15);1H2. The number of carbonyl (C=O) groups excluding carboxylic acids is 3. The van der Waals surface area contributed by atoms with E-state index in [0.717, 1.165) is 106 Å². The number of aliphatic carboxylic acids is 1. The van der Waals surface area contributed by atoms with Gasteiger partial charge in [-0.3, -0.25) is 19.2 Å². The molecule has 0 radical (unpaired) electrons. The van der Waals surface area contributed by atoms with Gasteiger partial charge in [-0.1, -0.05) is 96.7 Å². The van der Waals surface area contributed by atoms with Crippen molar-refractivity contribution >= 4 is 81.5 Å². The van der Waals surface area contributed by atoms with Gasteiger partial charge < -0.3 is 26.0 Å². The van der Waals surface area contributed by atoms with E-state index in [0.29, 0.717) is 16.6 Å². The first kappa shape index (κ1) is 47.9. The van der Waals surface area contributed by atoms with Gasteiger partial charge in [-0.2, -0.15) is 0 Å². The Morgan fingerprint density at radius 1 is 0.656 bits per heavy atom. The monoisotopic (exact) mass is 908 g/mol. The number of amides is 3. The fourth-order valence-electron chi connectivity index (χ4n) is 8.47. The van der Waals surface area contributed by atoms with Gasteiger partial charge in [0.2, 0.25) is 17.7 Å². The normalized spacial score (nSPS) is 19.5. The van der Waals surface area contributed by atoms with Crippen LogP contribution in [0.15, 0.2) is 109 Å². The number of likely N-dealkylation sites (tertiary alicyclic amines) is 1. The van der Waals surface area contributed by atoms with Crippen LogP contribution in [0.25, 0.3) is 0 Å². The number of carboxylic acid groups (broad SMARTS) is 1. The van der Waals surface area contributed by atoms with Crippen molar-refractivity contribution in [3.8, 4) is 0 Å². The number of carboxylic acids is 1. The predicted octanol–water partition coefficient (Wildman–Crippen LogP) is 10.9. The molecule has 8 rings (SSSR count). The summed E-state index contributed by atoms with van der Waals surface area (Å²) < 4.78 is 0. The van der Waals surface area contributed by atoms with Crippen molar-refractivity contribution in [2.45, 2.75) is 81.5 Å². The lowest BCUT2D eigenvalue weighted by atomic mass is 9.62. The van der Waals surface area contributed by atoms with E-state index in [2.05, 4.69) is 16.0 Å². The summed E-state index contributed by atoms with van der Waals surface area (Å²) in [5.41, 5.74) is 3.27. The van der Waals surface area contributed by atoms with Crippen molar-refractivity contribution in [1.82, 2.24) is 10.2 Å². The summed E-state index contributed by atoms with van der Waals surface area (Å²) >= 11 is 21.4. The zero-order valence-corrected chi connectivity index (χ0v) is 37.4. The first-order valence-electron chi connectivity index (χ1n) is 21.1. The lowest BCUT2D eigenvalue weighted by Gasteiger charge is -2.45. The zero-order chi connectivity index (χ0) is 43.7. The molecule has 4 aliphatic rings. The number of nitrogens with one attached hydrogen (secondary N) is 3. The Hall–Kier alpha value is -4.12. The highest BCUT2D eigenvalue weighted by atomic mass is 35.5. The Morgan fingerprint density at radius 2 is 1.15 bits per heavy atom. The van der Waals surface area contributed by atoms with E-state index in [4.69, 9.17) is 51.5 Å². The quantitative estimate of drug-likeness (QED) is 0.124. The van der Waals surface area contributed by atoms with E-state index in [9.17, 15) is 19.2 Å². The molecule has 2 heterocycles. The van der Waals surface area contributed by atoms with E-state index in [1.807, 2.05) is 114 Å². The number of halogens is 4. The van der Waals surface area contributed by atoms with Crippen LogP contribution in [0, 0.1) is 11.8 Å². The van der Waals surface area contributed by atoms with E-state index >= 15 is 0 Å². The number of hydrogen-bond acceptors (Lipinski definition) is 5. The van der Waals surface area contributed by atoms with Gasteiger partial charge in [-0.15, -0.1) is 23.2 Å². The molecular formula is C48H56Cl4N4O5. The van der Waals surface area contributed by atoms with E-state index in [1.54, 1.807) is 0 Å². The second kappa shape index (κ2) is 23.9. The van der Waals surface area contributed by atoms with Crippen LogP contribution in [0.1, 0.15) is 81.8 Å². The molecule has 4 aromatic rings. The number of para-hydroxylation sites is 2. The molecule has 2 aliphatic carbocycles. The molecule has 326 valence electrons. The molecule has 3 amide bonds. The summed E-state index contributed by atoms with van der Waals surface area (Å²) in [6.07, 6.45) is 9.84. The van der Waals surface area contributed by atoms with Crippen LogP contribution in [0.5, 0.6) is 0 Å².